The average molecular weight is 404 g/mol. The highest BCUT2D eigenvalue weighted by molar-refractivity contribution is 5.88. The number of nitrogens with zero attached hydrogens (tertiary/aromatic N) is 5. The summed E-state index contributed by atoms with van der Waals surface area (Å²) in [6, 6.07) is 4.10. The van der Waals surface area contributed by atoms with E-state index in [2.05, 4.69) is 20.2 Å². The second-order valence-electron chi connectivity index (χ2n) is 7.01. The molecular weight excluding hydrogens is 383 g/mol. The van der Waals surface area contributed by atoms with Crippen molar-refractivity contribution in [3.8, 4) is 11.6 Å². The van der Waals surface area contributed by atoms with Crippen molar-refractivity contribution in [2.45, 2.75) is 6.42 Å². The molecule has 0 aliphatic carbocycles. The van der Waals surface area contributed by atoms with Crippen molar-refractivity contribution in [2.75, 3.05) is 39.0 Å². The van der Waals surface area contributed by atoms with Gasteiger partial charge in [-0.05, 0) is 32.5 Å². The molecule has 1 aromatic heterocycles. The minimum absolute atomic E-state index is 0.00467. The molecule has 1 saturated heterocycles. The Morgan fingerprint density at radius 3 is 2.90 bits per heavy atom. The molecule has 0 bridgehead atoms. The molecule has 29 heavy (non-hydrogen) atoms. The third kappa shape index (κ3) is 5.35. The van der Waals surface area contributed by atoms with Crippen LogP contribution in [0, 0.1) is 21.8 Å². The van der Waals surface area contributed by atoms with Crippen LogP contribution in [0.2, 0.25) is 0 Å². The molecule has 1 atom stereocenters. The average Bonchev–Trinajstić information content (AvgIpc) is 3.11. The van der Waals surface area contributed by atoms with E-state index in [0.717, 1.165) is 31.2 Å². The largest absolute Gasteiger partial charge is 0.436 e. The lowest BCUT2D eigenvalue weighted by atomic mass is 10.1. The molecule has 1 aliphatic heterocycles. The van der Waals surface area contributed by atoms with Crippen molar-refractivity contribution in [3.63, 3.8) is 0 Å². The lowest BCUT2D eigenvalue weighted by Crippen LogP contribution is -2.34. The summed E-state index contributed by atoms with van der Waals surface area (Å²) in [4.78, 5) is 34.1. The van der Waals surface area contributed by atoms with Crippen LogP contribution in [0.15, 0.2) is 30.6 Å². The number of nitrogens with one attached hydrogen (secondary N) is 1. The van der Waals surface area contributed by atoms with Gasteiger partial charge in [0.1, 0.15) is 12.1 Å². The Morgan fingerprint density at radius 2 is 2.21 bits per heavy atom. The fourth-order valence-corrected chi connectivity index (χ4v) is 3.13. The van der Waals surface area contributed by atoms with Crippen LogP contribution in [-0.2, 0) is 0 Å². The summed E-state index contributed by atoms with van der Waals surface area (Å²) in [6.07, 6.45) is 2.11. The predicted octanol–water partition coefficient (Wildman–Crippen LogP) is 2.73. The number of anilines is 1. The van der Waals surface area contributed by atoms with Gasteiger partial charge < -0.3 is 14.5 Å². The van der Waals surface area contributed by atoms with Gasteiger partial charge in [0.25, 0.3) is 5.69 Å². The fourth-order valence-electron chi connectivity index (χ4n) is 3.13. The van der Waals surface area contributed by atoms with Gasteiger partial charge in [-0.25, -0.2) is 19.2 Å². The van der Waals surface area contributed by atoms with Gasteiger partial charge in [0.05, 0.1) is 11.0 Å². The van der Waals surface area contributed by atoms with Crippen LogP contribution in [0.5, 0.6) is 11.6 Å². The van der Waals surface area contributed by atoms with Crippen LogP contribution in [0.1, 0.15) is 6.42 Å². The lowest BCUT2D eigenvalue weighted by Gasteiger charge is -2.18. The first-order valence-electron chi connectivity index (χ1n) is 8.96. The van der Waals surface area contributed by atoms with Crippen LogP contribution < -0.4 is 10.1 Å². The molecule has 0 spiro atoms. The van der Waals surface area contributed by atoms with Gasteiger partial charge >= 0.3 is 6.03 Å². The van der Waals surface area contributed by atoms with Crippen LogP contribution in [0.25, 0.3) is 0 Å². The number of nitro groups is 1. The van der Waals surface area contributed by atoms with E-state index >= 15 is 0 Å². The molecule has 2 heterocycles. The number of nitro benzene ring substituents is 1. The number of rotatable bonds is 6. The molecule has 0 unspecified atom stereocenters. The Balaban J connectivity index is 1.63. The highest BCUT2D eigenvalue weighted by Crippen LogP contribution is 2.27. The molecule has 3 rings (SSSR count). The standard InChI is InChI=1S/C18H21FN6O4/c1-23(2)9-12-5-6-24(10-12)18(26)22-16-8-17(21-11-20-16)29-15-4-3-13(25(27)28)7-14(15)19/h3-4,7-8,11-12H,5-6,9-10H2,1-2H3,(H,20,21,22,26)/t12-/m1/s1. The van der Waals surface area contributed by atoms with Gasteiger partial charge in [-0.1, -0.05) is 0 Å². The summed E-state index contributed by atoms with van der Waals surface area (Å²) < 4.78 is 19.3. The monoisotopic (exact) mass is 404 g/mol. The van der Waals surface area contributed by atoms with E-state index < -0.39 is 10.7 Å². The molecule has 2 aromatic rings. The van der Waals surface area contributed by atoms with Crippen molar-refractivity contribution in [1.82, 2.24) is 19.8 Å². The van der Waals surface area contributed by atoms with Crippen LogP contribution in [-0.4, -0.2) is 64.5 Å². The predicted molar refractivity (Wildman–Crippen MR) is 102 cm³/mol. The summed E-state index contributed by atoms with van der Waals surface area (Å²) in [5.41, 5.74) is -0.385. The maximum atomic E-state index is 14.0. The number of benzene rings is 1. The smallest absolute Gasteiger partial charge is 0.323 e. The maximum absolute atomic E-state index is 14.0. The molecule has 154 valence electrons. The molecule has 11 heteroatoms. The summed E-state index contributed by atoms with van der Waals surface area (Å²) in [5, 5.41) is 13.4. The second kappa shape index (κ2) is 8.78. The third-order valence-corrected chi connectivity index (χ3v) is 4.41. The molecule has 1 fully saturated rings. The zero-order valence-electron chi connectivity index (χ0n) is 16.0. The maximum Gasteiger partial charge on any atom is 0.323 e. The van der Waals surface area contributed by atoms with E-state index in [1.807, 2.05) is 14.1 Å². The topological polar surface area (TPSA) is 114 Å². The van der Waals surface area contributed by atoms with E-state index in [9.17, 15) is 19.3 Å². The number of hydrogen-bond donors (Lipinski definition) is 1. The Kier molecular flexibility index (Phi) is 6.17. The molecule has 2 amide bonds. The normalized spacial score (nSPS) is 16.1. The second-order valence-corrected chi connectivity index (χ2v) is 7.01. The minimum Gasteiger partial charge on any atom is -0.436 e. The molecule has 1 aromatic carbocycles. The zero-order valence-corrected chi connectivity index (χ0v) is 16.0. The third-order valence-electron chi connectivity index (χ3n) is 4.41. The summed E-state index contributed by atoms with van der Waals surface area (Å²) in [5.74, 6) is -0.497. The van der Waals surface area contributed by atoms with Gasteiger partial charge in [-0.3, -0.25) is 15.4 Å². The quantitative estimate of drug-likeness (QED) is 0.582. The first kappa shape index (κ1) is 20.4. The van der Waals surface area contributed by atoms with Gasteiger partial charge in [0.15, 0.2) is 11.6 Å². The number of carbonyl (C=O) groups excluding carboxylic acids is 1. The lowest BCUT2D eigenvalue weighted by molar-refractivity contribution is -0.385. The number of hydrogen-bond acceptors (Lipinski definition) is 7. The van der Waals surface area contributed by atoms with E-state index in [1.54, 1.807) is 4.90 Å². The molecule has 1 N–H and O–H groups in total. The number of halogens is 1. The highest BCUT2D eigenvalue weighted by atomic mass is 19.1. The summed E-state index contributed by atoms with van der Waals surface area (Å²) in [7, 11) is 4.00. The Hall–Kier alpha value is -3.34. The van der Waals surface area contributed by atoms with Gasteiger partial charge in [-0.2, -0.15) is 0 Å². The van der Waals surface area contributed by atoms with Crippen molar-refractivity contribution < 1.29 is 18.8 Å². The Labute approximate surface area is 166 Å². The molecular formula is C18H21FN6O4. The first-order valence-corrected chi connectivity index (χ1v) is 8.96. The molecule has 1 aliphatic rings. The van der Waals surface area contributed by atoms with Crippen LogP contribution in [0.3, 0.4) is 0 Å². The number of likely N-dealkylation sites (tertiary alicyclic amines) is 1. The minimum atomic E-state index is -0.896. The van der Waals surface area contributed by atoms with Crippen molar-refractivity contribution in [2.24, 2.45) is 5.92 Å². The van der Waals surface area contributed by atoms with Crippen LogP contribution >= 0.6 is 0 Å². The number of ether oxygens (including phenoxy) is 1. The van der Waals surface area contributed by atoms with Gasteiger partial charge in [-0.15, -0.1) is 0 Å². The summed E-state index contributed by atoms with van der Waals surface area (Å²) in [6.45, 7) is 2.23. The molecule has 0 saturated carbocycles. The van der Waals surface area contributed by atoms with E-state index in [-0.39, 0.29) is 29.2 Å². The number of non-ortho nitro benzene ring substituents is 1. The number of aromatic nitrogens is 2. The van der Waals surface area contributed by atoms with E-state index in [0.29, 0.717) is 19.0 Å². The first-order chi connectivity index (χ1) is 13.8. The molecule has 10 nitrogen and oxygen atoms in total. The van der Waals surface area contributed by atoms with Gasteiger partial charge in [0, 0.05) is 31.8 Å². The number of carbonyl (C=O) groups is 1. The van der Waals surface area contributed by atoms with Crippen molar-refractivity contribution >= 4 is 17.5 Å². The van der Waals surface area contributed by atoms with E-state index in [1.165, 1.54) is 12.4 Å². The summed E-state index contributed by atoms with van der Waals surface area (Å²) >= 11 is 0. The number of amides is 2. The number of urea groups is 1. The molecule has 0 radical (unpaired) electrons. The highest BCUT2D eigenvalue weighted by Gasteiger charge is 2.26. The van der Waals surface area contributed by atoms with E-state index in [4.69, 9.17) is 4.74 Å². The SMILES string of the molecule is CN(C)C[C@H]1CCN(C(=O)Nc2cc(Oc3ccc([N+](=O)[O-])cc3F)ncn2)C1. The fraction of sp³-hybridized carbons (Fsp3) is 0.389. The zero-order chi connectivity index (χ0) is 21.0. The van der Waals surface area contributed by atoms with Crippen LogP contribution in [0.4, 0.5) is 20.7 Å². The van der Waals surface area contributed by atoms with Gasteiger partial charge in [0.2, 0.25) is 5.88 Å². The Bertz CT molecular complexity index is 910. The Morgan fingerprint density at radius 1 is 1.41 bits per heavy atom. The van der Waals surface area contributed by atoms with Crippen molar-refractivity contribution in [3.05, 3.63) is 46.5 Å². The van der Waals surface area contributed by atoms with Crippen molar-refractivity contribution in [1.29, 1.82) is 0 Å².